The van der Waals surface area contributed by atoms with Crippen LogP contribution in [0.5, 0.6) is 0 Å². The largest absolute Gasteiger partial charge is 0.399 e. The number of halogens is 1. The second-order valence-corrected chi connectivity index (χ2v) is 7.15. The van der Waals surface area contributed by atoms with Gasteiger partial charge in [-0.25, -0.2) is 8.42 Å². The number of hydrogen-bond donors (Lipinski definition) is 2. The standard InChI is InChI=1S/C14H15BrN2O2S/c1-10-7-13(5-6-14(10)15)17-20(18,19)9-11-3-2-4-12(16)8-11/h2-8,17H,9,16H2,1H3. The average molecular weight is 355 g/mol. The Labute approximate surface area is 127 Å². The summed E-state index contributed by atoms with van der Waals surface area (Å²) < 4.78 is 27.7. The van der Waals surface area contributed by atoms with E-state index in [1.54, 1.807) is 36.4 Å². The molecule has 0 atom stereocenters. The molecule has 3 N–H and O–H groups in total. The van der Waals surface area contributed by atoms with Crippen molar-refractivity contribution in [3.8, 4) is 0 Å². The zero-order valence-corrected chi connectivity index (χ0v) is 13.3. The Kier molecular flexibility index (Phi) is 4.35. The first kappa shape index (κ1) is 14.9. The van der Waals surface area contributed by atoms with Crippen molar-refractivity contribution in [3.63, 3.8) is 0 Å². The summed E-state index contributed by atoms with van der Waals surface area (Å²) >= 11 is 3.38. The lowest BCUT2D eigenvalue weighted by Gasteiger charge is -2.09. The number of sulfonamides is 1. The molecule has 0 saturated carbocycles. The number of hydrogen-bond acceptors (Lipinski definition) is 3. The fraction of sp³-hybridized carbons (Fsp3) is 0.143. The van der Waals surface area contributed by atoms with E-state index in [0.717, 1.165) is 10.0 Å². The van der Waals surface area contributed by atoms with Gasteiger partial charge in [0.25, 0.3) is 0 Å². The van der Waals surface area contributed by atoms with Crippen molar-refractivity contribution >= 4 is 37.3 Å². The number of nitrogen functional groups attached to an aromatic ring is 1. The topological polar surface area (TPSA) is 72.2 Å². The summed E-state index contributed by atoms with van der Waals surface area (Å²) in [5, 5.41) is 0. The highest BCUT2D eigenvalue weighted by molar-refractivity contribution is 9.10. The van der Waals surface area contributed by atoms with Crippen LogP contribution in [0.1, 0.15) is 11.1 Å². The normalized spacial score (nSPS) is 11.3. The number of rotatable bonds is 4. The number of nitrogens with one attached hydrogen (secondary N) is 1. The first-order valence-electron chi connectivity index (χ1n) is 5.97. The molecule has 0 heterocycles. The molecule has 0 unspecified atom stereocenters. The summed E-state index contributed by atoms with van der Waals surface area (Å²) in [4.78, 5) is 0. The van der Waals surface area contributed by atoms with Crippen molar-refractivity contribution in [2.24, 2.45) is 0 Å². The van der Waals surface area contributed by atoms with Gasteiger partial charge in [-0.15, -0.1) is 0 Å². The van der Waals surface area contributed by atoms with Crippen molar-refractivity contribution in [3.05, 3.63) is 58.1 Å². The Morgan fingerprint density at radius 2 is 1.95 bits per heavy atom. The van der Waals surface area contributed by atoms with Gasteiger partial charge in [0.15, 0.2) is 0 Å². The highest BCUT2D eigenvalue weighted by Gasteiger charge is 2.12. The molecule has 4 nitrogen and oxygen atoms in total. The van der Waals surface area contributed by atoms with Crippen LogP contribution in [0.25, 0.3) is 0 Å². The smallest absolute Gasteiger partial charge is 0.236 e. The molecular formula is C14H15BrN2O2S. The molecule has 0 amide bonds. The van der Waals surface area contributed by atoms with E-state index in [2.05, 4.69) is 20.7 Å². The molecule has 0 aliphatic carbocycles. The molecule has 0 bridgehead atoms. The zero-order chi connectivity index (χ0) is 14.8. The Bertz CT molecular complexity index is 730. The Balaban J connectivity index is 2.17. The summed E-state index contributed by atoms with van der Waals surface area (Å²) in [6, 6.07) is 12.2. The van der Waals surface area contributed by atoms with Gasteiger partial charge in [-0.2, -0.15) is 0 Å². The number of benzene rings is 2. The lowest BCUT2D eigenvalue weighted by atomic mass is 10.2. The third-order valence-corrected chi connectivity index (χ3v) is 4.89. The molecule has 0 saturated heterocycles. The summed E-state index contributed by atoms with van der Waals surface area (Å²) in [7, 11) is -3.45. The molecule has 0 aliphatic rings. The van der Waals surface area contributed by atoms with Crippen LogP contribution in [0.4, 0.5) is 11.4 Å². The van der Waals surface area contributed by atoms with Crippen molar-refractivity contribution in [2.75, 3.05) is 10.5 Å². The third kappa shape index (κ3) is 3.98. The van der Waals surface area contributed by atoms with E-state index in [0.29, 0.717) is 16.9 Å². The predicted octanol–water partition coefficient (Wildman–Crippen LogP) is 3.28. The van der Waals surface area contributed by atoms with Crippen LogP contribution in [0.15, 0.2) is 46.9 Å². The fourth-order valence-electron chi connectivity index (χ4n) is 1.83. The van der Waals surface area contributed by atoms with Gasteiger partial charge >= 0.3 is 0 Å². The zero-order valence-electron chi connectivity index (χ0n) is 10.9. The summed E-state index contributed by atoms with van der Waals surface area (Å²) in [6.07, 6.45) is 0. The maximum Gasteiger partial charge on any atom is 0.236 e. The molecule has 0 aromatic heterocycles. The molecule has 2 aromatic carbocycles. The average Bonchev–Trinajstić information content (AvgIpc) is 2.33. The minimum Gasteiger partial charge on any atom is -0.399 e. The minimum atomic E-state index is -3.45. The van der Waals surface area contributed by atoms with E-state index in [1.165, 1.54) is 0 Å². The number of nitrogens with two attached hydrogens (primary N) is 1. The van der Waals surface area contributed by atoms with Gasteiger partial charge in [-0.1, -0.05) is 28.1 Å². The van der Waals surface area contributed by atoms with Gasteiger partial charge < -0.3 is 5.73 Å². The Morgan fingerprint density at radius 1 is 1.20 bits per heavy atom. The maximum absolute atomic E-state index is 12.1. The maximum atomic E-state index is 12.1. The predicted molar refractivity (Wildman–Crippen MR) is 86.0 cm³/mol. The number of aryl methyl sites for hydroxylation is 1. The lowest BCUT2D eigenvalue weighted by molar-refractivity contribution is 0.600. The van der Waals surface area contributed by atoms with E-state index >= 15 is 0 Å². The second kappa shape index (κ2) is 5.85. The van der Waals surface area contributed by atoms with Gasteiger partial charge in [-0.05, 0) is 48.4 Å². The van der Waals surface area contributed by atoms with Gasteiger partial charge in [0, 0.05) is 15.8 Å². The molecule has 2 rings (SSSR count). The van der Waals surface area contributed by atoms with Crippen LogP contribution >= 0.6 is 15.9 Å². The Morgan fingerprint density at radius 3 is 2.60 bits per heavy atom. The molecule has 20 heavy (non-hydrogen) atoms. The van der Waals surface area contributed by atoms with E-state index in [4.69, 9.17) is 5.73 Å². The van der Waals surface area contributed by atoms with Crippen LogP contribution in [-0.2, 0) is 15.8 Å². The molecule has 0 fully saturated rings. The molecule has 0 aliphatic heterocycles. The van der Waals surface area contributed by atoms with Gasteiger partial charge in [0.1, 0.15) is 0 Å². The van der Waals surface area contributed by atoms with E-state index in [1.807, 2.05) is 13.0 Å². The Hall–Kier alpha value is -1.53. The molecule has 2 aromatic rings. The second-order valence-electron chi connectivity index (χ2n) is 4.57. The van der Waals surface area contributed by atoms with Gasteiger partial charge in [0.2, 0.25) is 10.0 Å². The monoisotopic (exact) mass is 354 g/mol. The van der Waals surface area contributed by atoms with Crippen LogP contribution < -0.4 is 10.5 Å². The molecule has 0 radical (unpaired) electrons. The molecule has 6 heteroatoms. The molecular weight excluding hydrogens is 340 g/mol. The van der Waals surface area contributed by atoms with Crippen molar-refractivity contribution in [1.29, 1.82) is 0 Å². The SMILES string of the molecule is Cc1cc(NS(=O)(=O)Cc2cccc(N)c2)ccc1Br. The summed E-state index contributed by atoms with van der Waals surface area (Å²) in [5.41, 5.74) is 8.38. The first-order chi connectivity index (χ1) is 9.35. The van der Waals surface area contributed by atoms with Crippen LogP contribution in [0.2, 0.25) is 0 Å². The van der Waals surface area contributed by atoms with Crippen LogP contribution in [0, 0.1) is 6.92 Å². The minimum absolute atomic E-state index is 0.104. The fourth-order valence-corrected chi connectivity index (χ4v) is 3.25. The van der Waals surface area contributed by atoms with Crippen molar-refractivity contribution in [2.45, 2.75) is 12.7 Å². The lowest BCUT2D eigenvalue weighted by Crippen LogP contribution is -2.15. The van der Waals surface area contributed by atoms with E-state index in [-0.39, 0.29) is 5.75 Å². The van der Waals surface area contributed by atoms with Crippen LogP contribution in [-0.4, -0.2) is 8.42 Å². The quantitative estimate of drug-likeness (QED) is 0.827. The van der Waals surface area contributed by atoms with Crippen molar-refractivity contribution < 1.29 is 8.42 Å². The van der Waals surface area contributed by atoms with Gasteiger partial charge in [-0.3, -0.25) is 4.72 Å². The molecule has 106 valence electrons. The van der Waals surface area contributed by atoms with E-state index < -0.39 is 10.0 Å². The highest BCUT2D eigenvalue weighted by atomic mass is 79.9. The van der Waals surface area contributed by atoms with Gasteiger partial charge in [0.05, 0.1) is 5.75 Å². The summed E-state index contributed by atoms with van der Waals surface area (Å²) in [6.45, 7) is 1.90. The summed E-state index contributed by atoms with van der Waals surface area (Å²) in [5.74, 6) is -0.104. The number of anilines is 2. The molecule has 0 spiro atoms. The highest BCUT2D eigenvalue weighted by Crippen LogP contribution is 2.21. The van der Waals surface area contributed by atoms with E-state index in [9.17, 15) is 8.42 Å². The van der Waals surface area contributed by atoms with Crippen molar-refractivity contribution in [1.82, 2.24) is 0 Å². The van der Waals surface area contributed by atoms with Crippen LogP contribution in [0.3, 0.4) is 0 Å². The third-order valence-electron chi connectivity index (χ3n) is 2.74. The first-order valence-corrected chi connectivity index (χ1v) is 8.41.